The van der Waals surface area contributed by atoms with Crippen LogP contribution in [0.2, 0.25) is 0 Å². The third kappa shape index (κ3) is 2.69. The van der Waals surface area contributed by atoms with Crippen molar-refractivity contribution in [2.75, 3.05) is 11.1 Å². The second-order valence-electron chi connectivity index (χ2n) is 4.54. The van der Waals surface area contributed by atoms with Gasteiger partial charge in [0.15, 0.2) is 0 Å². The van der Waals surface area contributed by atoms with Gasteiger partial charge in [0.05, 0.1) is 0 Å². The van der Waals surface area contributed by atoms with Crippen molar-refractivity contribution in [1.29, 1.82) is 0 Å². The van der Waals surface area contributed by atoms with Gasteiger partial charge in [-0.15, -0.1) is 0 Å². The number of nitrogens with one attached hydrogen (secondary N) is 1. The summed E-state index contributed by atoms with van der Waals surface area (Å²) in [5.74, 6) is 0. The summed E-state index contributed by atoms with van der Waals surface area (Å²) >= 11 is 0. The molecule has 16 heavy (non-hydrogen) atoms. The van der Waals surface area contributed by atoms with Gasteiger partial charge in [0, 0.05) is 16.9 Å². The summed E-state index contributed by atoms with van der Waals surface area (Å²) in [7, 11) is 0. The summed E-state index contributed by atoms with van der Waals surface area (Å²) in [6.45, 7) is 8.73. The first-order valence-corrected chi connectivity index (χ1v) is 6.21. The molecule has 1 aromatic rings. The maximum atomic E-state index is 5.92. The predicted octanol–water partition coefficient (Wildman–Crippen LogP) is 3.96. The molecule has 3 N–H and O–H groups in total. The Labute approximate surface area is 99.2 Å². The zero-order valence-corrected chi connectivity index (χ0v) is 10.9. The van der Waals surface area contributed by atoms with E-state index in [1.54, 1.807) is 0 Å². The number of nitrogens with two attached hydrogens (primary N) is 1. The first-order valence-electron chi connectivity index (χ1n) is 6.21. The fourth-order valence-electron chi connectivity index (χ4n) is 2.04. The molecule has 0 aliphatic rings. The summed E-state index contributed by atoms with van der Waals surface area (Å²) < 4.78 is 0. The maximum Gasteiger partial charge on any atom is 0.0366 e. The maximum absolute atomic E-state index is 5.92. The van der Waals surface area contributed by atoms with Crippen molar-refractivity contribution in [3.05, 3.63) is 23.8 Å². The Hall–Kier alpha value is -1.18. The molecule has 0 heterocycles. The van der Waals surface area contributed by atoms with Gasteiger partial charge in [0.25, 0.3) is 0 Å². The van der Waals surface area contributed by atoms with Crippen LogP contribution in [0, 0.1) is 6.92 Å². The SMILES string of the molecule is CCC(CC)(CC)Nc1ccc(C)c(N)c1. The zero-order valence-electron chi connectivity index (χ0n) is 10.9. The minimum absolute atomic E-state index is 0.210. The van der Waals surface area contributed by atoms with Crippen molar-refractivity contribution in [2.45, 2.75) is 52.5 Å². The Balaban J connectivity index is 2.89. The largest absolute Gasteiger partial charge is 0.398 e. The molecule has 0 bridgehead atoms. The standard InChI is InChI=1S/C14H24N2/c1-5-14(6-2,7-3)16-12-9-8-11(4)13(15)10-12/h8-10,16H,5-7,15H2,1-4H3. The third-order valence-corrected chi connectivity index (χ3v) is 3.72. The van der Waals surface area contributed by atoms with E-state index in [9.17, 15) is 0 Å². The minimum atomic E-state index is 0.210. The Bertz CT molecular complexity index is 332. The van der Waals surface area contributed by atoms with Crippen LogP contribution in [0.15, 0.2) is 18.2 Å². The molecule has 0 aliphatic carbocycles. The van der Waals surface area contributed by atoms with Crippen LogP contribution in [-0.2, 0) is 0 Å². The highest BCUT2D eigenvalue weighted by molar-refractivity contribution is 5.59. The first kappa shape index (κ1) is 12.9. The van der Waals surface area contributed by atoms with Crippen molar-refractivity contribution in [1.82, 2.24) is 0 Å². The van der Waals surface area contributed by atoms with Crippen LogP contribution >= 0.6 is 0 Å². The molecule has 0 aliphatic heterocycles. The highest BCUT2D eigenvalue weighted by Gasteiger charge is 2.23. The van der Waals surface area contributed by atoms with Gasteiger partial charge in [-0.25, -0.2) is 0 Å². The quantitative estimate of drug-likeness (QED) is 0.737. The van der Waals surface area contributed by atoms with E-state index < -0.39 is 0 Å². The van der Waals surface area contributed by atoms with Crippen LogP contribution in [-0.4, -0.2) is 5.54 Å². The zero-order chi connectivity index (χ0) is 12.2. The van der Waals surface area contributed by atoms with Crippen LogP contribution in [0.1, 0.15) is 45.6 Å². The Morgan fingerprint density at radius 3 is 2.12 bits per heavy atom. The summed E-state index contributed by atoms with van der Waals surface area (Å²) in [4.78, 5) is 0. The number of benzene rings is 1. The summed E-state index contributed by atoms with van der Waals surface area (Å²) in [5.41, 5.74) is 9.27. The van der Waals surface area contributed by atoms with E-state index in [0.717, 1.165) is 36.2 Å². The summed E-state index contributed by atoms with van der Waals surface area (Å²) in [5, 5.41) is 3.63. The molecule has 0 saturated heterocycles. The van der Waals surface area contributed by atoms with Crippen LogP contribution in [0.25, 0.3) is 0 Å². The molecule has 0 spiro atoms. The highest BCUT2D eigenvalue weighted by atomic mass is 15.0. The van der Waals surface area contributed by atoms with Crippen molar-refractivity contribution in [3.8, 4) is 0 Å². The number of anilines is 2. The van der Waals surface area contributed by atoms with E-state index in [1.165, 1.54) is 0 Å². The molecular formula is C14H24N2. The van der Waals surface area contributed by atoms with Crippen LogP contribution in [0.4, 0.5) is 11.4 Å². The van der Waals surface area contributed by atoms with Crippen LogP contribution < -0.4 is 11.1 Å². The molecule has 0 saturated carbocycles. The fourth-order valence-corrected chi connectivity index (χ4v) is 2.04. The average molecular weight is 220 g/mol. The number of rotatable bonds is 5. The molecule has 0 unspecified atom stereocenters. The molecule has 0 radical (unpaired) electrons. The topological polar surface area (TPSA) is 38.0 Å². The van der Waals surface area contributed by atoms with Gasteiger partial charge in [-0.2, -0.15) is 0 Å². The van der Waals surface area contributed by atoms with Gasteiger partial charge >= 0.3 is 0 Å². The molecule has 0 atom stereocenters. The monoisotopic (exact) mass is 220 g/mol. The summed E-state index contributed by atoms with van der Waals surface area (Å²) in [6.07, 6.45) is 3.40. The van der Waals surface area contributed by atoms with Gasteiger partial charge in [0.1, 0.15) is 0 Å². The predicted molar refractivity (Wildman–Crippen MR) is 72.8 cm³/mol. The normalized spacial score (nSPS) is 11.5. The molecule has 0 amide bonds. The lowest BCUT2D eigenvalue weighted by atomic mass is 9.89. The molecule has 1 rings (SSSR count). The lowest BCUT2D eigenvalue weighted by Gasteiger charge is -2.33. The molecular weight excluding hydrogens is 196 g/mol. The van der Waals surface area contributed by atoms with E-state index in [-0.39, 0.29) is 5.54 Å². The molecule has 90 valence electrons. The lowest BCUT2D eigenvalue weighted by Crippen LogP contribution is -2.36. The Morgan fingerprint density at radius 2 is 1.69 bits per heavy atom. The third-order valence-electron chi connectivity index (χ3n) is 3.72. The Kier molecular flexibility index (Phi) is 4.22. The van der Waals surface area contributed by atoms with Gasteiger partial charge in [0.2, 0.25) is 0 Å². The van der Waals surface area contributed by atoms with Gasteiger partial charge < -0.3 is 11.1 Å². The van der Waals surface area contributed by atoms with E-state index >= 15 is 0 Å². The van der Waals surface area contributed by atoms with Crippen LogP contribution in [0.5, 0.6) is 0 Å². The highest BCUT2D eigenvalue weighted by Crippen LogP contribution is 2.27. The molecule has 2 heteroatoms. The average Bonchev–Trinajstić information content (AvgIpc) is 2.31. The second kappa shape index (κ2) is 5.24. The molecule has 0 aromatic heterocycles. The number of aryl methyl sites for hydroxylation is 1. The van der Waals surface area contributed by atoms with Crippen molar-refractivity contribution in [2.24, 2.45) is 0 Å². The smallest absolute Gasteiger partial charge is 0.0366 e. The number of hydrogen-bond donors (Lipinski definition) is 2. The van der Waals surface area contributed by atoms with Crippen molar-refractivity contribution < 1.29 is 0 Å². The molecule has 1 aromatic carbocycles. The first-order chi connectivity index (χ1) is 7.56. The second-order valence-corrected chi connectivity index (χ2v) is 4.54. The van der Waals surface area contributed by atoms with E-state index in [4.69, 9.17) is 5.73 Å². The van der Waals surface area contributed by atoms with Gasteiger partial charge in [-0.3, -0.25) is 0 Å². The van der Waals surface area contributed by atoms with Crippen molar-refractivity contribution in [3.63, 3.8) is 0 Å². The molecule has 0 fully saturated rings. The Morgan fingerprint density at radius 1 is 1.12 bits per heavy atom. The van der Waals surface area contributed by atoms with Gasteiger partial charge in [-0.1, -0.05) is 26.8 Å². The van der Waals surface area contributed by atoms with E-state index in [2.05, 4.69) is 38.2 Å². The lowest BCUT2D eigenvalue weighted by molar-refractivity contribution is 0.420. The fraction of sp³-hybridized carbons (Fsp3) is 0.571. The van der Waals surface area contributed by atoms with Crippen LogP contribution in [0.3, 0.4) is 0 Å². The molecule has 2 nitrogen and oxygen atoms in total. The number of hydrogen-bond acceptors (Lipinski definition) is 2. The van der Waals surface area contributed by atoms with E-state index in [0.29, 0.717) is 0 Å². The minimum Gasteiger partial charge on any atom is -0.398 e. The van der Waals surface area contributed by atoms with Crippen molar-refractivity contribution >= 4 is 11.4 Å². The van der Waals surface area contributed by atoms with Gasteiger partial charge in [-0.05, 0) is 43.9 Å². The summed E-state index contributed by atoms with van der Waals surface area (Å²) in [6, 6.07) is 6.22. The number of nitrogen functional groups attached to an aromatic ring is 1. The van der Waals surface area contributed by atoms with E-state index in [1.807, 2.05) is 13.0 Å².